The number of hydrogen-bond donors (Lipinski definition) is 3. The Labute approximate surface area is 259 Å². The van der Waals surface area contributed by atoms with Crippen LogP contribution in [0.5, 0.6) is 0 Å². The molecular weight excluding hydrogens is 593 g/mol. The van der Waals surface area contributed by atoms with Crippen LogP contribution in [0.15, 0.2) is 67.3 Å². The molecule has 230 valence electrons. The lowest BCUT2D eigenvalue weighted by molar-refractivity contribution is -0.117. The molecule has 1 amide bonds. The Balaban J connectivity index is 1.34. The average molecular weight is 626 g/mol. The second-order valence-electron chi connectivity index (χ2n) is 12.5. The predicted octanol–water partition coefficient (Wildman–Crippen LogP) is 6.33. The molecule has 0 aliphatic rings. The molecule has 0 radical (unpaired) electrons. The van der Waals surface area contributed by atoms with Crippen molar-refractivity contribution in [2.24, 2.45) is 5.41 Å². The van der Waals surface area contributed by atoms with Crippen molar-refractivity contribution in [1.82, 2.24) is 30.1 Å². The molecule has 45 heavy (non-hydrogen) atoms. The number of H-pyrrole nitrogens is 2. The molecule has 12 heteroatoms. The van der Waals surface area contributed by atoms with Crippen molar-refractivity contribution in [3.05, 3.63) is 78.6 Å². The van der Waals surface area contributed by atoms with Crippen molar-refractivity contribution in [1.29, 1.82) is 0 Å². The number of benzene rings is 1. The third-order valence-electron chi connectivity index (χ3n) is 7.27. The van der Waals surface area contributed by atoms with Gasteiger partial charge in [-0.25, -0.2) is 17.8 Å². The number of aryl methyl sites for hydroxylation is 1. The van der Waals surface area contributed by atoms with Crippen LogP contribution in [0, 0.1) is 11.2 Å². The summed E-state index contributed by atoms with van der Waals surface area (Å²) < 4.78 is 38.0. The van der Waals surface area contributed by atoms with Crippen LogP contribution in [-0.2, 0) is 21.1 Å². The molecule has 0 atom stereocenters. The van der Waals surface area contributed by atoms with Crippen LogP contribution in [0.25, 0.3) is 55.7 Å². The molecule has 0 saturated carbocycles. The highest BCUT2D eigenvalue weighted by Gasteiger charge is 2.18. The Morgan fingerprint density at radius 3 is 2.53 bits per heavy atom. The molecular formula is C33H32FN7O3S. The number of carbonyl (C=O) groups excluding carboxylic acids is 1. The fourth-order valence-electron chi connectivity index (χ4n) is 5.27. The number of fused-ring (bicyclic) bond motifs is 2. The van der Waals surface area contributed by atoms with E-state index in [9.17, 15) is 17.6 Å². The summed E-state index contributed by atoms with van der Waals surface area (Å²) in [5.41, 5.74) is 6.48. The zero-order chi connectivity index (χ0) is 31.9. The summed E-state index contributed by atoms with van der Waals surface area (Å²) in [5.74, 6) is -0.615. The summed E-state index contributed by atoms with van der Waals surface area (Å²) in [7, 11) is -3.20. The van der Waals surface area contributed by atoms with E-state index in [1.54, 1.807) is 30.9 Å². The van der Waals surface area contributed by atoms with Gasteiger partial charge < -0.3 is 10.3 Å². The van der Waals surface area contributed by atoms with Crippen LogP contribution in [0.2, 0.25) is 0 Å². The van der Waals surface area contributed by atoms with E-state index in [0.717, 1.165) is 39.4 Å². The first kappa shape index (κ1) is 30.1. The Kier molecular flexibility index (Phi) is 7.69. The third-order valence-corrected chi connectivity index (χ3v) is 8.21. The van der Waals surface area contributed by atoms with E-state index >= 15 is 0 Å². The number of aromatic nitrogens is 6. The monoisotopic (exact) mass is 625 g/mol. The zero-order valence-electron chi connectivity index (χ0n) is 25.3. The van der Waals surface area contributed by atoms with Crippen molar-refractivity contribution in [2.75, 3.05) is 17.3 Å². The first-order chi connectivity index (χ1) is 21.3. The van der Waals surface area contributed by atoms with E-state index in [2.05, 4.69) is 35.5 Å². The standard InChI is InChI=1S/C33H32FN7O3S/c1-33(2,3)15-29(42)38-24-12-21(16-35-18-24)22-13-26-31(40-41-32(26)37-17-22)28-14-25-27(39-28)5-7-36-30(25)20-9-19(10-23(34)11-20)6-8-45(4,43)44/h5,7,9-14,16-18,39H,6,8,15H2,1-4H3,(H,38,42)(H,37,40,41). The number of amides is 1. The summed E-state index contributed by atoms with van der Waals surface area (Å²) in [5, 5.41) is 11.9. The number of pyridine rings is 3. The van der Waals surface area contributed by atoms with Gasteiger partial charge in [-0.3, -0.25) is 19.9 Å². The molecule has 0 bridgehead atoms. The average Bonchev–Trinajstić information content (AvgIpc) is 3.58. The number of hydrogen-bond acceptors (Lipinski definition) is 7. The summed E-state index contributed by atoms with van der Waals surface area (Å²) in [6.45, 7) is 6.03. The summed E-state index contributed by atoms with van der Waals surface area (Å²) in [6, 6.07) is 12.1. The molecule has 1 aromatic carbocycles. The van der Waals surface area contributed by atoms with Gasteiger partial charge in [-0.15, -0.1) is 0 Å². The fraction of sp³-hybridized carbons (Fsp3) is 0.242. The lowest BCUT2D eigenvalue weighted by atomic mass is 9.92. The van der Waals surface area contributed by atoms with Crippen molar-refractivity contribution in [2.45, 2.75) is 33.6 Å². The number of sulfone groups is 1. The maximum absolute atomic E-state index is 14.6. The van der Waals surface area contributed by atoms with Gasteiger partial charge in [0.2, 0.25) is 5.91 Å². The van der Waals surface area contributed by atoms with Gasteiger partial charge in [0.1, 0.15) is 15.7 Å². The van der Waals surface area contributed by atoms with Gasteiger partial charge in [-0.2, -0.15) is 5.10 Å². The summed E-state index contributed by atoms with van der Waals surface area (Å²) in [4.78, 5) is 29.3. The molecule has 0 unspecified atom stereocenters. The zero-order valence-corrected chi connectivity index (χ0v) is 26.1. The number of carbonyl (C=O) groups is 1. The summed E-state index contributed by atoms with van der Waals surface area (Å²) >= 11 is 0. The summed E-state index contributed by atoms with van der Waals surface area (Å²) in [6.07, 6.45) is 8.43. The van der Waals surface area contributed by atoms with Crippen LogP contribution < -0.4 is 5.32 Å². The molecule has 0 fully saturated rings. The van der Waals surface area contributed by atoms with E-state index in [0.29, 0.717) is 40.3 Å². The Hall–Kier alpha value is -4.97. The highest BCUT2D eigenvalue weighted by atomic mass is 32.2. The Morgan fingerprint density at radius 1 is 0.956 bits per heavy atom. The van der Waals surface area contributed by atoms with Crippen LogP contribution in [0.1, 0.15) is 32.8 Å². The van der Waals surface area contributed by atoms with Crippen LogP contribution in [0.3, 0.4) is 0 Å². The van der Waals surface area contributed by atoms with Crippen molar-refractivity contribution in [3.63, 3.8) is 0 Å². The second-order valence-corrected chi connectivity index (χ2v) is 14.7. The molecule has 6 rings (SSSR count). The minimum atomic E-state index is -3.20. The van der Waals surface area contributed by atoms with Crippen LogP contribution in [-0.4, -0.2) is 56.5 Å². The molecule has 5 heterocycles. The van der Waals surface area contributed by atoms with Gasteiger partial charge >= 0.3 is 0 Å². The highest BCUT2D eigenvalue weighted by Crippen LogP contribution is 2.34. The smallest absolute Gasteiger partial charge is 0.224 e. The second kappa shape index (κ2) is 11.5. The Morgan fingerprint density at radius 2 is 1.76 bits per heavy atom. The molecule has 6 aromatic rings. The molecule has 0 aliphatic carbocycles. The predicted molar refractivity (Wildman–Crippen MR) is 174 cm³/mol. The molecule has 10 nitrogen and oxygen atoms in total. The lowest BCUT2D eigenvalue weighted by Gasteiger charge is -2.17. The minimum Gasteiger partial charge on any atom is -0.353 e. The van der Waals surface area contributed by atoms with Crippen LogP contribution in [0.4, 0.5) is 10.1 Å². The van der Waals surface area contributed by atoms with Gasteiger partial charge in [0.25, 0.3) is 0 Å². The normalized spacial score (nSPS) is 12.2. The number of rotatable bonds is 8. The number of nitrogens with zero attached hydrogens (tertiary/aromatic N) is 4. The number of nitrogens with one attached hydrogen (secondary N) is 3. The number of anilines is 1. The topological polar surface area (TPSA) is 146 Å². The number of halogens is 1. The maximum atomic E-state index is 14.6. The van der Waals surface area contributed by atoms with E-state index in [1.807, 2.05) is 45.0 Å². The van der Waals surface area contributed by atoms with Gasteiger partial charge in [0.05, 0.1) is 34.7 Å². The molecule has 0 aliphatic heterocycles. The van der Waals surface area contributed by atoms with Crippen molar-refractivity contribution < 1.29 is 17.6 Å². The molecule has 0 saturated heterocycles. The molecule has 5 aromatic heterocycles. The van der Waals surface area contributed by atoms with Crippen LogP contribution >= 0.6 is 0 Å². The van der Waals surface area contributed by atoms with E-state index < -0.39 is 15.7 Å². The van der Waals surface area contributed by atoms with Crippen molar-refractivity contribution in [3.8, 4) is 33.8 Å². The van der Waals surface area contributed by atoms with E-state index in [-0.39, 0.29) is 23.5 Å². The van der Waals surface area contributed by atoms with E-state index in [1.165, 1.54) is 12.1 Å². The minimum absolute atomic E-state index is 0.0725. The molecule has 3 N–H and O–H groups in total. The van der Waals surface area contributed by atoms with E-state index in [4.69, 9.17) is 0 Å². The van der Waals surface area contributed by atoms with Gasteiger partial charge in [0, 0.05) is 64.2 Å². The first-order valence-corrected chi connectivity index (χ1v) is 16.4. The first-order valence-electron chi connectivity index (χ1n) is 14.4. The van der Waals surface area contributed by atoms with Gasteiger partial charge in [-0.1, -0.05) is 20.8 Å². The SMILES string of the molecule is CC(C)(C)CC(=O)Nc1cncc(-c2cnc3n[nH]c(-c4cc5c(-c6cc(F)cc(CCS(C)(=O)=O)c6)nccc5[nH]4)c3c2)c1. The maximum Gasteiger partial charge on any atom is 0.224 e. The largest absolute Gasteiger partial charge is 0.353 e. The quantitative estimate of drug-likeness (QED) is 0.179. The highest BCUT2D eigenvalue weighted by molar-refractivity contribution is 7.90. The van der Waals surface area contributed by atoms with Gasteiger partial charge in [-0.05, 0) is 59.9 Å². The van der Waals surface area contributed by atoms with Crippen molar-refractivity contribution >= 4 is 43.4 Å². The number of aromatic amines is 2. The molecule has 0 spiro atoms. The third kappa shape index (κ3) is 6.91. The Bertz CT molecular complexity index is 2180. The fourth-order valence-corrected chi connectivity index (χ4v) is 5.88. The van der Waals surface area contributed by atoms with Gasteiger partial charge in [0.15, 0.2) is 5.65 Å². The lowest BCUT2D eigenvalue weighted by Crippen LogP contribution is -2.19.